The summed E-state index contributed by atoms with van der Waals surface area (Å²) >= 11 is 0. The van der Waals surface area contributed by atoms with Crippen LogP contribution >= 0.6 is 0 Å². The second-order valence-corrected chi connectivity index (χ2v) is 6.47. The van der Waals surface area contributed by atoms with Gasteiger partial charge in [0.1, 0.15) is 0 Å². The number of benzene rings is 2. The van der Waals surface area contributed by atoms with Gasteiger partial charge in [-0.25, -0.2) is 0 Å². The highest BCUT2D eigenvalue weighted by Gasteiger charge is 2.35. The summed E-state index contributed by atoms with van der Waals surface area (Å²) in [6, 6.07) is 11.4. The van der Waals surface area contributed by atoms with Gasteiger partial charge in [0.15, 0.2) is 0 Å². The van der Waals surface area contributed by atoms with Gasteiger partial charge in [-0.1, -0.05) is 6.07 Å². The zero-order valence-corrected chi connectivity index (χ0v) is 14.6. The maximum Gasteiger partial charge on any atom is 0.269 e. The first kappa shape index (κ1) is 17.6. The van der Waals surface area contributed by atoms with E-state index in [9.17, 15) is 19.7 Å². The molecule has 2 amide bonds. The minimum atomic E-state index is -0.497. The van der Waals surface area contributed by atoms with Crippen LogP contribution in [0.5, 0.6) is 0 Å². The van der Waals surface area contributed by atoms with Crippen molar-refractivity contribution in [3.8, 4) is 0 Å². The number of nitro benzene ring substituents is 1. The Kier molecular flexibility index (Phi) is 4.71. The van der Waals surface area contributed by atoms with E-state index in [1.54, 1.807) is 4.90 Å². The van der Waals surface area contributed by atoms with Crippen LogP contribution in [0.2, 0.25) is 0 Å². The van der Waals surface area contributed by atoms with Crippen LogP contribution in [-0.2, 0) is 9.59 Å². The lowest BCUT2D eigenvalue weighted by Gasteiger charge is -2.18. The zero-order valence-electron chi connectivity index (χ0n) is 14.6. The van der Waals surface area contributed by atoms with E-state index >= 15 is 0 Å². The number of carbonyl (C=O) groups is 2. The molecule has 0 radical (unpaired) electrons. The van der Waals surface area contributed by atoms with E-state index in [1.165, 1.54) is 24.3 Å². The highest BCUT2D eigenvalue weighted by atomic mass is 16.6. The number of nitro groups is 1. The summed E-state index contributed by atoms with van der Waals surface area (Å²) in [5.74, 6) is -0.810. The van der Waals surface area contributed by atoms with Gasteiger partial charge in [-0.15, -0.1) is 0 Å². The number of hydrogen-bond donors (Lipinski definition) is 1. The topological polar surface area (TPSA) is 92.6 Å². The van der Waals surface area contributed by atoms with Crippen molar-refractivity contribution in [2.24, 2.45) is 5.92 Å². The molecule has 0 aliphatic carbocycles. The molecular weight excluding hydrogens is 334 g/mol. The molecule has 2 aromatic carbocycles. The van der Waals surface area contributed by atoms with Crippen molar-refractivity contribution in [2.45, 2.75) is 20.3 Å². The maximum absolute atomic E-state index is 12.5. The Morgan fingerprint density at radius 2 is 1.85 bits per heavy atom. The van der Waals surface area contributed by atoms with Crippen molar-refractivity contribution < 1.29 is 14.5 Å². The van der Waals surface area contributed by atoms with Crippen LogP contribution in [0.3, 0.4) is 0 Å². The fraction of sp³-hybridized carbons (Fsp3) is 0.263. The van der Waals surface area contributed by atoms with Crippen LogP contribution < -0.4 is 10.2 Å². The Balaban J connectivity index is 1.68. The molecule has 0 bridgehead atoms. The van der Waals surface area contributed by atoms with Crippen LogP contribution in [0.25, 0.3) is 0 Å². The van der Waals surface area contributed by atoms with E-state index in [0.717, 1.165) is 16.8 Å². The summed E-state index contributed by atoms with van der Waals surface area (Å²) in [6.07, 6.45) is 0.145. The number of carbonyl (C=O) groups excluding carboxylic acids is 2. The van der Waals surface area contributed by atoms with Gasteiger partial charge in [-0.3, -0.25) is 19.7 Å². The molecule has 2 aromatic rings. The second kappa shape index (κ2) is 6.95. The molecule has 0 aromatic heterocycles. The average molecular weight is 353 g/mol. The molecule has 1 atom stereocenters. The fourth-order valence-electron chi connectivity index (χ4n) is 2.94. The Hall–Kier alpha value is -3.22. The van der Waals surface area contributed by atoms with Gasteiger partial charge in [-0.05, 0) is 49.2 Å². The lowest BCUT2D eigenvalue weighted by atomic mass is 10.1. The smallest absolute Gasteiger partial charge is 0.269 e. The Labute approximate surface area is 150 Å². The monoisotopic (exact) mass is 353 g/mol. The van der Waals surface area contributed by atoms with Crippen molar-refractivity contribution in [1.82, 2.24) is 0 Å². The van der Waals surface area contributed by atoms with Gasteiger partial charge >= 0.3 is 0 Å². The van der Waals surface area contributed by atoms with Crippen molar-refractivity contribution >= 4 is 28.9 Å². The largest absolute Gasteiger partial charge is 0.326 e. The normalized spacial score (nSPS) is 16.6. The lowest BCUT2D eigenvalue weighted by molar-refractivity contribution is -0.384. The molecule has 134 valence electrons. The molecule has 7 heteroatoms. The third-order valence-electron chi connectivity index (χ3n) is 4.64. The first-order valence-electron chi connectivity index (χ1n) is 8.28. The molecule has 1 fully saturated rings. The molecule has 0 spiro atoms. The highest BCUT2D eigenvalue weighted by molar-refractivity contribution is 6.03. The average Bonchev–Trinajstić information content (AvgIpc) is 3.00. The first-order valence-corrected chi connectivity index (χ1v) is 8.28. The quantitative estimate of drug-likeness (QED) is 0.675. The van der Waals surface area contributed by atoms with E-state index in [0.29, 0.717) is 12.2 Å². The third-order valence-corrected chi connectivity index (χ3v) is 4.64. The minimum Gasteiger partial charge on any atom is -0.326 e. The van der Waals surface area contributed by atoms with Crippen molar-refractivity contribution in [1.29, 1.82) is 0 Å². The summed E-state index contributed by atoms with van der Waals surface area (Å²) in [5, 5.41) is 13.4. The van der Waals surface area contributed by atoms with E-state index in [-0.39, 0.29) is 23.9 Å². The molecule has 3 rings (SSSR count). The Bertz CT molecular complexity index is 877. The molecule has 0 unspecified atom stereocenters. The summed E-state index contributed by atoms with van der Waals surface area (Å²) < 4.78 is 0. The van der Waals surface area contributed by atoms with Gasteiger partial charge in [0, 0.05) is 36.5 Å². The molecule has 1 saturated heterocycles. The van der Waals surface area contributed by atoms with Crippen molar-refractivity contribution in [3.63, 3.8) is 0 Å². The van der Waals surface area contributed by atoms with Gasteiger partial charge in [0.2, 0.25) is 11.8 Å². The van der Waals surface area contributed by atoms with Crippen LogP contribution in [0.1, 0.15) is 17.5 Å². The predicted molar refractivity (Wildman–Crippen MR) is 98.1 cm³/mol. The van der Waals surface area contributed by atoms with E-state index in [1.807, 2.05) is 32.0 Å². The van der Waals surface area contributed by atoms with E-state index in [4.69, 9.17) is 0 Å². The summed E-state index contributed by atoms with van der Waals surface area (Å²) in [7, 11) is 0. The van der Waals surface area contributed by atoms with Gasteiger partial charge in [0.05, 0.1) is 10.8 Å². The number of rotatable bonds is 4. The summed E-state index contributed by atoms with van der Waals surface area (Å²) in [6.45, 7) is 4.31. The fourth-order valence-corrected chi connectivity index (χ4v) is 2.94. The molecule has 1 N–H and O–H groups in total. The Morgan fingerprint density at radius 3 is 2.46 bits per heavy atom. The van der Waals surface area contributed by atoms with Gasteiger partial charge in [0.25, 0.3) is 5.69 Å². The van der Waals surface area contributed by atoms with Crippen LogP contribution in [0, 0.1) is 29.9 Å². The zero-order chi connectivity index (χ0) is 18.8. The molecule has 1 heterocycles. The lowest BCUT2D eigenvalue weighted by Crippen LogP contribution is -2.28. The molecule has 1 aliphatic heterocycles. The SMILES string of the molecule is Cc1ccc(N2C[C@@H](C(=O)Nc3ccc([N+](=O)[O-])cc3)CC2=O)cc1C. The van der Waals surface area contributed by atoms with Gasteiger partial charge in [-0.2, -0.15) is 0 Å². The third kappa shape index (κ3) is 3.56. The Morgan fingerprint density at radius 1 is 1.15 bits per heavy atom. The highest BCUT2D eigenvalue weighted by Crippen LogP contribution is 2.27. The number of nitrogens with zero attached hydrogens (tertiary/aromatic N) is 2. The minimum absolute atomic E-state index is 0.0417. The summed E-state index contributed by atoms with van der Waals surface area (Å²) in [4.78, 5) is 36.6. The van der Waals surface area contributed by atoms with Crippen molar-refractivity contribution in [2.75, 3.05) is 16.8 Å². The molecule has 7 nitrogen and oxygen atoms in total. The number of aryl methyl sites for hydroxylation is 2. The maximum atomic E-state index is 12.5. The van der Waals surface area contributed by atoms with Crippen LogP contribution in [0.4, 0.5) is 17.1 Å². The standard InChI is InChI=1S/C19H19N3O4/c1-12-3-6-17(9-13(12)2)21-11-14(10-18(21)23)19(24)20-15-4-7-16(8-5-15)22(25)26/h3-9,14H,10-11H2,1-2H3,(H,20,24)/t14-/m0/s1. The number of nitrogens with one attached hydrogen (secondary N) is 1. The molecule has 1 aliphatic rings. The second-order valence-electron chi connectivity index (χ2n) is 6.47. The molecule has 26 heavy (non-hydrogen) atoms. The first-order chi connectivity index (χ1) is 12.3. The number of hydrogen-bond acceptors (Lipinski definition) is 4. The van der Waals surface area contributed by atoms with Gasteiger partial charge < -0.3 is 10.2 Å². The summed E-state index contributed by atoms with van der Waals surface area (Å²) in [5.41, 5.74) is 3.46. The predicted octanol–water partition coefficient (Wildman–Crippen LogP) is 3.20. The van der Waals surface area contributed by atoms with Crippen molar-refractivity contribution in [3.05, 3.63) is 63.7 Å². The number of non-ortho nitro benzene ring substituents is 1. The molecule has 0 saturated carbocycles. The van der Waals surface area contributed by atoms with Crippen LogP contribution in [0.15, 0.2) is 42.5 Å². The van der Waals surface area contributed by atoms with E-state index in [2.05, 4.69) is 5.32 Å². The number of amides is 2. The molecular formula is C19H19N3O4. The number of anilines is 2. The van der Waals surface area contributed by atoms with Crippen LogP contribution in [-0.4, -0.2) is 23.3 Å². The van der Waals surface area contributed by atoms with E-state index < -0.39 is 10.8 Å².